The maximum Gasteiger partial charge on any atom is 0.230 e. The molecule has 0 unspecified atom stereocenters. The van der Waals surface area contributed by atoms with Gasteiger partial charge in [-0.3, -0.25) is 9.59 Å². The van der Waals surface area contributed by atoms with Crippen molar-refractivity contribution in [2.24, 2.45) is 0 Å². The first kappa shape index (κ1) is 10.0. The van der Waals surface area contributed by atoms with Gasteiger partial charge in [-0.25, -0.2) is 0 Å². The van der Waals surface area contributed by atoms with Crippen LogP contribution in [0.25, 0.3) is 0 Å². The molecule has 4 heteroatoms. The molecule has 0 N–H and O–H groups in total. The average Bonchev–Trinajstić information content (AvgIpc) is 2.19. The van der Waals surface area contributed by atoms with Crippen molar-refractivity contribution in [2.45, 2.75) is 31.7 Å². The Balaban J connectivity index is 1.95. The molecule has 0 aliphatic carbocycles. The van der Waals surface area contributed by atoms with Crippen molar-refractivity contribution in [3.8, 4) is 0 Å². The second kappa shape index (κ2) is 4.34. The topological polar surface area (TPSA) is 37.4 Å². The number of piperidine rings is 1. The number of ketones is 1. The third-order valence-corrected chi connectivity index (χ3v) is 3.98. The van der Waals surface area contributed by atoms with Gasteiger partial charge >= 0.3 is 0 Å². The fraction of sp³-hybridized carbons (Fsp3) is 0.800. The SMILES string of the molecule is O=C1CCN(C2CCSCC2)C(=O)C1. The second-order valence-electron chi connectivity index (χ2n) is 3.90. The first-order valence-corrected chi connectivity index (χ1v) is 6.32. The Morgan fingerprint density at radius 2 is 1.93 bits per heavy atom. The number of rotatable bonds is 1. The van der Waals surface area contributed by atoms with Crippen molar-refractivity contribution >= 4 is 23.5 Å². The average molecular weight is 213 g/mol. The fourth-order valence-corrected chi connectivity index (χ4v) is 3.19. The van der Waals surface area contributed by atoms with E-state index in [-0.39, 0.29) is 18.1 Å². The minimum absolute atomic E-state index is 0.0538. The van der Waals surface area contributed by atoms with Crippen molar-refractivity contribution in [3.63, 3.8) is 0 Å². The van der Waals surface area contributed by atoms with E-state index in [1.807, 2.05) is 16.7 Å². The number of thioether (sulfide) groups is 1. The van der Waals surface area contributed by atoms with Gasteiger partial charge in [0, 0.05) is 19.0 Å². The summed E-state index contributed by atoms with van der Waals surface area (Å²) in [5.74, 6) is 2.47. The molecule has 14 heavy (non-hydrogen) atoms. The standard InChI is InChI=1S/C10H15NO2S/c12-9-1-4-11(10(13)7-9)8-2-5-14-6-3-8/h8H,1-7H2. The van der Waals surface area contributed by atoms with Crippen molar-refractivity contribution in [1.29, 1.82) is 0 Å². The summed E-state index contributed by atoms with van der Waals surface area (Å²) in [5.41, 5.74) is 0. The second-order valence-corrected chi connectivity index (χ2v) is 5.12. The Hall–Kier alpha value is -0.510. The quantitative estimate of drug-likeness (QED) is 0.612. The number of Topliss-reactive ketones (excluding diaryl/α,β-unsaturated/α-hetero) is 1. The Morgan fingerprint density at radius 3 is 2.57 bits per heavy atom. The lowest BCUT2D eigenvalue weighted by atomic mass is 10.0. The molecule has 0 aromatic rings. The normalized spacial score (nSPS) is 25.6. The molecule has 0 spiro atoms. The highest BCUT2D eigenvalue weighted by Gasteiger charge is 2.30. The van der Waals surface area contributed by atoms with E-state index in [1.165, 1.54) is 0 Å². The van der Waals surface area contributed by atoms with Crippen molar-refractivity contribution in [1.82, 2.24) is 4.90 Å². The number of hydrogen-bond donors (Lipinski definition) is 0. The zero-order valence-electron chi connectivity index (χ0n) is 8.20. The van der Waals surface area contributed by atoms with Gasteiger partial charge in [0.25, 0.3) is 0 Å². The Bertz CT molecular complexity index is 249. The Labute approximate surface area is 88.2 Å². The van der Waals surface area contributed by atoms with Crippen LogP contribution in [0, 0.1) is 0 Å². The zero-order valence-corrected chi connectivity index (χ0v) is 9.02. The number of carbonyl (C=O) groups excluding carboxylic acids is 2. The molecule has 1 amide bonds. The van der Waals surface area contributed by atoms with E-state index in [2.05, 4.69) is 0 Å². The predicted octanol–water partition coefficient (Wildman–Crippen LogP) is 1.07. The van der Waals surface area contributed by atoms with Gasteiger partial charge in [-0.15, -0.1) is 0 Å². The van der Waals surface area contributed by atoms with Gasteiger partial charge < -0.3 is 4.90 Å². The lowest BCUT2D eigenvalue weighted by Crippen LogP contribution is -2.46. The van der Waals surface area contributed by atoms with Gasteiger partial charge in [0.05, 0.1) is 6.42 Å². The van der Waals surface area contributed by atoms with Crippen LogP contribution < -0.4 is 0 Å². The van der Waals surface area contributed by atoms with E-state index < -0.39 is 0 Å². The van der Waals surface area contributed by atoms with Gasteiger partial charge in [-0.1, -0.05) is 0 Å². The summed E-state index contributed by atoms with van der Waals surface area (Å²) >= 11 is 1.96. The van der Waals surface area contributed by atoms with Crippen LogP contribution in [0.3, 0.4) is 0 Å². The molecule has 78 valence electrons. The number of likely N-dealkylation sites (tertiary alicyclic amines) is 1. The van der Waals surface area contributed by atoms with Crippen LogP contribution in [-0.4, -0.2) is 40.7 Å². The smallest absolute Gasteiger partial charge is 0.230 e. The highest BCUT2D eigenvalue weighted by Crippen LogP contribution is 2.24. The predicted molar refractivity (Wildman–Crippen MR) is 56.3 cm³/mol. The molecule has 0 radical (unpaired) electrons. The van der Waals surface area contributed by atoms with E-state index in [1.54, 1.807) is 0 Å². The molecule has 0 saturated carbocycles. The summed E-state index contributed by atoms with van der Waals surface area (Å²) < 4.78 is 0. The maximum absolute atomic E-state index is 11.6. The molecule has 2 fully saturated rings. The first-order valence-electron chi connectivity index (χ1n) is 5.16. The fourth-order valence-electron chi connectivity index (χ4n) is 2.11. The van der Waals surface area contributed by atoms with Gasteiger partial charge in [-0.2, -0.15) is 11.8 Å². The van der Waals surface area contributed by atoms with E-state index in [4.69, 9.17) is 0 Å². The Kier molecular flexibility index (Phi) is 3.11. The molecule has 3 nitrogen and oxygen atoms in total. The van der Waals surface area contributed by atoms with E-state index in [9.17, 15) is 9.59 Å². The highest BCUT2D eigenvalue weighted by molar-refractivity contribution is 7.99. The van der Waals surface area contributed by atoms with Crippen LogP contribution in [0.2, 0.25) is 0 Å². The molecular weight excluding hydrogens is 198 g/mol. The molecule has 2 heterocycles. The van der Waals surface area contributed by atoms with Crippen molar-refractivity contribution in [2.75, 3.05) is 18.1 Å². The molecular formula is C10H15NO2S. The van der Waals surface area contributed by atoms with Crippen molar-refractivity contribution < 1.29 is 9.59 Å². The maximum atomic E-state index is 11.6. The van der Waals surface area contributed by atoms with E-state index in [0.717, 1.165) is 24.3 Å². The van der Waals surface area contributed by atoms with Gasteiger partial charge in [0.15, 0.2) is 0 Å². The summed E-state index contributed by atoms with van der Waals surface area (Å²) in [7, 11) is 0. The molecule has 2 saturated heterocycles. The largest absolute Gasteiger partial charge is 0.339 e. The van der Waals surface area contributed by atoms with Gasteiger partial charge in [0.2, 0.25) is 5.91 Å². The lowest BCUT2D eigenvalue weighted by Gasteiger charge is -2.36. The van der Waals surface area contributed by atoms with E-state index in [0.29, 0.717) is 19.0 Å². The number of carbonyl (C=O) groups is 2. The molecule has 2 aliphatic heterocycles. The van der Waals surface area contributed by atoms with E-state index >= 15 is 0 Å². The molecule has 0 aromatic carbocycles. The molecule has 2 rings (SSSR count). The van der Waals surface area contributed by atoms with Crippen LogP contribution in [0.1, 0.15) is 25.7 Å². The summed E-state index contributed by atoms with van der Waals surface area (Å²) in [4.78, 5) is 24.6. The van der Waals surface area contributed by atoms with Crippen LogP contribution in [-0.2, 0) is 9.59 Å². The molecule has 0 aromatic heterocycles. The highest BCUT2D eigenvalue weighted by atomic mass is 32.2. The minimum atomic E-state index is 0.0538. The van der Waals surface area contributed by atoms with Gasteiger partial charge in [0.1, 0.15) is 5.78 Å². The monoisotopic (exact) mass is 213 g/mol. The van der Waals surface area contributed by atoms with Crippen LogP contribution in [0.5, 0.6) is 0 Å². The summed E-state index contributed by atoms with van der Waals surface area (Å²) in [6, 6.07) is 0.414. The number of hydrogen-bond acceptors (Lipinski definition) is 3. The minimum Gasteiger partial charge on any atom is -0.339 e. The van der Waals surface area contributed by atoms with Crippen molar-refractivity contribution in [3.05, 3.63) is 0 Å². The molecule has 0 bridgehead atoms. The van der Waals surface area contributed by atoms with Crippen LogP contribution >= 0.6 is 11.8 Å². The molecule has 2 aliphatic rings. The lowest BCUT2D eigenvalue weighted by molar-refractivity contribution is -0.141. The van der Waals surface area contributed by atoms with Gasteiger partial charge in [-0.05, 0) is 24.3 Å². The third-order valence-electron chi connectivity index (χ3n) is 2.93. The first-order chi connectivity index (χ1) is 6.77. The summed E-state index contributed by atoms with van der Waals surface area (Å²) in [5, 5.41) is 0. The third kappa shape index (κ3) is 2.11. The molecule has 0 atom stereocenters. The van der Waals surface area contributed by atoms with Crippen LogP contribution in [0.4, 0.5) is 0 Å². The zero-order chi connectivity index (χ0) is 9.97. The number of amides is 1. The van der Waals surface area contributed by atoms with Crippen LogP contribution in [0.15, 0.2) is 0 Å². The summed E-state index contributed by atoms with van der Waals surface area (Å²) in [6.45, 7) is 0.660. The Morgan fingerprint density at radius 1 is 1.21 bits per heavy atom. The number of nitrogens with zero attached hydrogens (tertiary/aromatic N) is 1. The summed E-state index contributed by atoms with van der Waals surface area (Å²) in [6.07, 6.45) is 2.91.